The van der Waals surface area contributed by atoms with Gasteiger partial charge in [0.15, 0.2) is 5.43 Å². The van der Waals surface area contributed by atoms with Gasteiger partial charge >= 0.3 is 0 Å². The zero-order chi connectivity index (χ0) is 18.8. The molecule has 0 spiro atoms. The van der Waals surface area contributed by atoms with Crippen LogP contribution in [0.15, 0.2) is 100 Å². The number of pyridine rings is 1. The Labute approximate surface area is 179 Å². The van der Waals surface area contributed by atoms with Crippen LogP contribution in [0.3, 0.4) is 0 Å². The number of benzene rings is 3. The average Bonchev–Trinajstić information content (AvgIpc) is 2.71. The number of hydrogen-bond acceptors (Lipinski definition) is 1. The molecule has 0 aliphatic carbocycles. The highest BCUT2D eigenvalue weighted by molar-refractivity contribution is 9.10. The van der Waals surface area contributed by atoms with Crippen molar-refractivity contribution in [1.82, 2.24) is 4.57 Å². The molecule has 0 radical (unpaired) electrons. The summed E-state index contributed by atoms with van der Waals surface area (Å²) in [7, 11) is 0. The molecule has 0 aliphatic rings. The lowest BCUT2D eigenvalue weighted by Crippen LogP contribution is -2.15. The maximum absolute atomic E-state index is 12.9. The molecule has 0 saturated carbocycles. The van der Waals surface area contributed by atoms with E-state index in [0.29, 0.717) is 0 Å². The van der Waals surface area contributed by atoms with Crippen molar-refractivity contribution < 1.29 is 0 Å². The highest BCUT2D eigenvalue weighted by Crippen LogP contribution is 2.34. The van der Waals surface area contributed by atoms with Gasteiger partial charge < -0.3 is 4.57 Å². The van der Waals surface area contributed by atoms with Crippen LogP contribution in [0.25, 0.3) is 28.2 Å². The third-order valence-electron chi connectivity index (χ3n) is 4.67. The molecule has 0 aliphatic heterocycles. The number of para-hydroxylation sites is 1. The van der Waals surface area contributed by atoms with Gasteiger partial charge in [-0.05, 0) is 30.7 Å². The van der Waals surface area contributed by atoms with E-state index in [1.165, 1.54) is 0 Å². The van der Waals surface area contributed by atoms with Crippen molar-refractivity contribution in [2.24, 2.45) is 0 Å². The molecule has 0 atom stereocenters. The Bertz CT molecular complexity index is 1150. The Morgan fingerprint density at radius 1 is 0.786 bits per heavy atom. The van der Waals surface area contributed by atoms with Gasteiger partial charge in [0, 0.05) is 27.4 Å². The van der Waals surface area contributed by atoms with Crippen LogP contribution in [0.5, 0.6) is 0 Å². The molecule has 0 unspecified atom stereocenters. The van der Waals surface area contributed by atoms with E-state index in [2.05, 4.69) is 32.6 Å². The SMILES string of the molecule is Cc1c(-c2ccccc2Br)n(-c2ccccc2)c(-c2ccccc2)cc1=O.Cl. The van der Waals surface area contributed by atoms with Crippen molar-refractivity contribution >= 4 is 28.3 Å². The van der Waals surface area contributed by atoms with Gasteiger partial charge in [0.05, 0.1) is 11.4 Å². The van der Waals surface area contributed by atoms with Crippen LogP contribution in [-0.4, -0.2) is 4.57 Å². The highest BCUT2D eigenvalue weighted by atomic mass is 79.9. The molecule has 1 aromatic heterocycles. The predicted molar refractivity (Wildman–Crippen MR) is 123 cm³/mol. The zero-order valence-electron chi connectivity index (χ0n) is 15.3. The van der Waals surface area contributed by atoms with E-state index in [0.717, 1.165) is 38.2 Å². The quantitative estimate of drug-likeness (QED) is 0.340. The van der Waals surface area contributed by atoms with Gasteiger partial charge in [0.2, 0.25) is 0 Å². The number of halogens is 2. The normalized spacial score (nSPS) is 10.4. The van der Waals surface area contributed by atoms with Gasteiger partial charge in [0.25, 0.3) is 0 Å². The minimum atomic E-state index is 0. The molecule has 0 N–H and O–H groups in total. The van der Waals surface area contributed by atoms with Crippen LogP contribution in [-0.2, 0) is 0 Å². The Balaban J connectivity index is 0.00000225. The van der Waals surface area contributed by atoms with Crippen LogP contribution in [0.4, 0.5) is 0 Å². The van der Waals surface area contributed by atoms with Crippen molar-refractivity contribution in [1.29, 1.82) is 0 Å². The third kappa shape index (κ3) is 3.68. The summed E-state index contributed by atoms with van der Waals surface area (Å²) >= 11 is 3.66. The number of nitrogens with zero attached hydrogens (tertiary/aromatic N) is 1. The standard InChI is InChI=1S/C24H18BrNO.ClH/c1-17-23(27)16-22(18-10-4-2-5-11-18)26(19-12-6-3-7-13-19)24(17)20-14-8-9-15-21(20)25;/h2-16H,1H3;1H. The summed E-state index contributed by atoms with van der Waals surface area (Å²) in [5.41, 5.74) is 5.56. The van der Waals surface area contributed by atoms with Crippen molar-refractivity contribution in [3.63, 3.8) is 0 Å². The summed E-state index contributed by atoms with van der Waals surface area (Å²) in [6.07, 6.45) is 0. The first-order chi connectivity index (χ1) is 13.2. The summed E-state index contributed by atoms with van der Waals surface area (Å²) in [5, 5.41) is 0. The minimum absolute atomic E-state index is 0. The molecule has 4 rings (SSSR count). The van der Waals surface area contributed by atoms with Crippen molar-refractivity contribution in [2.75, 3.05) is 0 Å². The fourth-order valence-electron chi connectivity index (χ4n) is 3.34. The number of hydrogen-bond donors (Lipinski definition) is 0. The molecular formula is C24H19BrClNO. The summed E-state index contributed by atoms with van der Waals surface area (Å²) in [6, 6.07) is 30.0. The molecule has 0 bridgehead atoms. The van der Waals surface area contributed by atoms with Crippen LogP contribution < -0.4 is 5.43 Å². The Morgan fingerprint density at radius 3 is 2.00 bits per heavy atom. The molecule has 140 valence electrons. The first-order valence-electron chi connectivity index (χ1n) is 8.79. The molecule has 4 aromatic rings. The predicted octanol–water partition coefficient (Wildman–Crippen LogP) is 6.66. The third-order valence-corrected chi connectivity index (χ3v) is 5.36. The maximum Gasteiger partial charge on any atom is 0.185 e. The van der Waals surface area contributed by atoms with Crippen molar-refractivity contribution in [3.8, 4) is 28.2 Å². The van der Waals surface area contributed by atoms with Gasteiger partial charge in [-0.1, -0.05) is 82.7 Å². The van der Waals surface area contributed by atoms with Crippen LogP contribution in [0.2, 0.25) is 0 Å². The van der Waals surface area contributed by atoms with E-state index in [9.17, 15) is 4.79 Å². The minimum Gasteiger partial charge on any atom is -0.309 e. The van der Waals surface area contributed by atoms with E-state index in [-0.39, 0.29) is 17.8 Å². The van der Waals surface area contributed by atoms with E-state index in [1.807, 2.05) is 79.7 Å². The molecule has 0 fully saturated rings. The lowest BCUT2D eigenvalue weighted by Gasteiger charge is -2.22. The monoisotopic (exact) mass is 451 g/mol. The molecule has 0 saturated heterocycles. The topological polar surface area (TPSA) is 22.0 Å². The highest BCUT2D eigenvalue weighted by Gasteiger charge is 2.18. The van der Waals surface area contributed by atoms with Crippen molar-refractivity contribution in [2.45, 2.75) is 6.92 Å². The molecule has 28 heavy (non-hydrogen) atoms. The summed E-state index contributed by atoms with van der Waals surface area (Å²) in [5.74, 6) is 0. The zero-order valence-corrected chi connectivity index (χ0v) is 17.7. The van der Waals surface area contributed by atoms with Crippen LogP contribution in [0.1, 0.15) is 5.56 Å². The molecule has 3 aromatic carbocycles. The summed E-state index contributed by atoms with van der Waals surface area (Å²) < 4.78 is 3.13. The van der Waals surface area contributed by atoms with Crippen LogP contribution >= 0.6 is 28.3 Å². The van der Waals surface area contributed by atoms with Crippen LogP contribution in [0, 0.1) is 6.92 Å². The van der Waals surface area contributed by atoms with Gasteiger partial charge in [-0.25, -0.2) is 0 Å². The fourth-order valence-corrected chi connectivity index (χ4v) is 3.82. The number of rotatable bonds is 3. The second-order valence-corrected chi connectivity index (χ2v) is 7.24. The lowest BCUT2D eigenvalue weighted by atomic mass is 10.0. The molecular weight excluding hydrogens is 434 g/mol. The van der Waals surface area contributed by atoms with Gasteiger partial charge in [-0.15, -0.1) is 12.4 Å². The largest absolute Gasteiger partial charge is 0.309 e. The van der Waals surface area contributed by atoms with Gasteiger partial charge in [-0.2, -0.15) is 0 Å². The second-order valence-electron chi connectivity index (χ2n) is 6.38. The Morgan fingerprint density at radius 2 is 1.36 bits per heavy atom. The Hall–Kier alpha value is -2.62. The van der Waals surface area contributed by atoms with E-state index in [1.54, 1.807) is 6.07 Å². The fraction of sp³-hybridized carbons (Fsp3) is 0.0417. The lowest BCUT2D eigenvalue weighted by molar-refractivity contribution is 1.04. The van der Waals surface area contributed by atoms with Gasteiger partial charge in [0.1, 0.15) is 0 Å². The summed E-state index contributed by atoms with van der Waals surface area (Å²) in [6.45, 7) is 1.89. The first kappa shape index (κ1) is 20.1. The first-order valence-corrected chi connectivity index (χ1v) is 9.58. The van der Waals surface area contributed by atoms with E-state index in [4.69, 9.17) is 0 Å². The molecule has 4 heteroatoms. The summed E-state index contributed by atoms with van der Waals surface area (Å²) in [4.78, 5) is 12.9. The molecule has 1 heterocycles. The van der Waals surface area contributed by atoms with E-state index < -0.39 is 0 Å². The second kappa shape index (κ2) is 8.59. The van der Waals surface area contributed by atoms with Crippen molar-refractivity contribution in [3.05, 3.63) is 111 Å². The Kier molecular flexibility index (Phi) is 6.18. The molecule has 0 amide bonds. The maximum atomic E-state index is 12.9. The average molecular weight is 453 g/mol. The molecule has 2 nitrogen and oxygen atoms in total. The smallest absolute Gasteiger partial charge is 0.185 e. The number of aromatic nitrogens is 1. The van der Waals surface area contributed by atoms with Gasteiger partial charge in [-0.3, -0.25) is 4.79 Å². The van der Waals surface area contributed by atoms with E-state index >= 15 is 0 Å².